The van der Waals surface area contributed by atoms with Crippen molar-refractivity contribution in [3.63, 3.8) is 0 Å². The van der Waals surface area contributed by atoms with Crippen LogP contribution in [0.2, 0.25) is 0 Å². The van der Waals surface area contributed by atoms with E-state index in [1.807, 2.05) is 6.07 Å². The zero-order valence-corrected chi connectivity index (χ0v) is 12.2. The SMILES string of the molecule is CN(C)[C@@H](CNC1Cc2ccccc2C1)c1ccco1. The molecule has 0 saturated carbocycles. The third-order valence-corrected chi connectivity index (χ3v) is 4.15. The van der Waals surface area contributed by atoms with Crippen molar-refractivity contribution in [3.05, 3.63) is 59.5 Å². The first-order chi connectivity index (χ1) is 9.74. The van der Waals surface area contributed by atoms with Crippen LogP contribution in [0.25, 0.3) is 0 Å². The molecule has 1 atom stereocenters. The topological polar surface area (TPSA) is 28.4 Å². The molecule has 1 aliphatic rings. The summed E-state index contributed by atoms with van der Waals surface area (Å²) in [5.74, 6) is 1.03. The van der Waals surface area contributed by atoms with Crippen molar-refractivity contribution >= 4 is 0 Å². The molecule has 1 aromatic heterocycles. The maximum Gasteiger partial charge on any atom is 0.122 e. The lowest BCUT2D eigenvalue weighted by atomic mass is 10.1. The van der Waals surface area contributed by atoms with Crippen LogP contribution in [0.3, 0.4) is 0 Å². The number of furan rings is 1. The number of likely N-dealkylation sites (N-methyl/N-ethyl adjacent to an activating group) is 1. The summed E-state index contributed by atoms with van der Waals surface area (Å²) in [6.07, 6.45) is 4.01. The molecule has 1 aromatic carbocycles. The van der Waals surface area contributed by atoms with Gasteiger partial charge in [-0.2, -0.15) is 0 Å². The van der Waals surface area contributed by atoms with Gasteiger partial charge in [0.15, 0.2) is 0 Å². The minimum Gasteiger partial charge on any atom is -0.468 e. The Morgan fingerprint density at radius 2 is 1.85 bits per heavy atom. The van der Waals surface area contributed by atoms with E-state index in [-0.39, 0.29) is 6.04 Å². The Hall–Kier alpha value is -1.58. The normalized spacial score (nSPS) is 16.6. The molecule has 1 heterocycles. The molecule has 0 spiro atoms. The van der Waals surface area contributed by atoms with Gasteiger partial charge in [0.05, 0.1) is 12.3 Å². The molecule has 0 amide bonds. The smallest absolute Gasteiger partial charge is 0.122 e. The first-order valence-corrected chi connectivity index (χ1v) is 7.24. The predicted molar refractivity (Wildman–Crippen MR) is 80.8 cm³/mol. The fourth-order valence-corrected chi connectivity index (χ4v) is 3.00. The highest BCUT2D eigenvalue weighted by atomic mass is 16.3. The molecule has 0 unspecified atom stereocenters. The van der Waals surface area contributed by atoms with Crippen molar-refractivity contribution in [2.75, 3.05) is 20.6 Å². The van der Waals surface area contributed by atoms with Crippen molar-refractivity contribution in [1.82, 2.24) is 10.2 Å². The van der Waals surface area contributed by atoms with Gasteiger partial charge in [-0.3, -0.25) is 4.90 Å². The van der Waals surface area contributed by atoms with Gasteiger partial charge in [-0.1, -0.05) is 24.3 Å². The summed E-state index contributed by atoms with van der Waals surface area (Å²) in [7, 11) is 4.19. The van der Waals surface area contributed by atoms with Crippen LogP contribution in [0.4, 0.5) is 0 Å². The van der Waals surface area contributed by atoms with Gasteiger partial charge in [0.1, 0.15) is 5.76 Å². The van der Waals surface area contributed by atoms with E-state index in [1.165, 1.54) is 11.1 Å². The molecule has 3 heteroatoms. The Morgan fingerprint density at radius 1 is 1.15 bits per heavy atom. The molecule has 2 aromatic rings. The van der Waals surface area contributed by atoms with Crippen molar-refractivity contribution in [1.29, 1.82) is 0 Å². The highest BCUT2D eigenvalue weighted by Crippen LogP contribution is 2.23. The minimum absolute atomic E-state index is 0.286. The van der Waals surface area contributed by atoms with E-state index in [0.717, 1.165) is 25.1 Å². The fraction of sp³-hybridized carbons (Fsp3) is 0.412. The average Bonchev–Trinajstić information content (AvgIpc) is 3.06. The van der Waals surface area contributed by atoms with Gasteiger partial charge in [-0.05, 0) is 50.2 Å². The van der Waals surface area contributed by atoms with Crippen molar-refractivity contribution < 1.29 is 4.42 Å². The maximum atomic E-state index is 5.55. The number of fused-ring (bicyclic) bond motifs is 1. The van der Waals surface area contributed by atoms with E-state index >= 15 is 0 Å². The first kappa shape index (κ1) is 13.4. The number of nitrogens with one attached hydrogen (secondary N) is 1. The monoisotopic (exact) mass is 270 g/mol. The molecule has 1 aliphatic carbocycles. The molecule has 106 valence electrons. The second-order valence-corrected chi connectivity index (χ2v) is 5.78. The Bertz CT molecular complexity index is 523. The van der Waals surface area contributed by atoms with Crippen LogP contribution in [-0.2, 0) is 12.8 Å². The second kappa shape index (κ2) is 5.81. The van der Waals surface area contributed by atoms with E-state index in [2.05, 4.69) is 54.6 Å². The lowest BCUT2D eigenvalue weighted by Crippen LogP contribution is -2.37. The van der Waals surface area contributed by atoms with Gasteiger partial charge in [-0.15, -0.1) is 0 Å². The van der Waals surface area contributed by atoms with E-state index < -0.39 is 0 Å². The van der Waals surface area contributed by atoms with Crippen molar-refractivity contribution in [2.24, 2.45) is 0 Å². The lowest BCUT2D eigenvalue weighted by Gasteiger charge is -2.24. The zero-order chi connectivity index (χ0) is 13.9. The van der Waals surface area contributed by atoms with Crippen LogP contribution >= 0.6 is 0 Å². The number of rotatable bonds is 5. The number of benzene rings is 1. The van der Waals surface area contributed by atoms with Gasteiger partial charge in [-0.25, -0.2) is 0 Å². The molecule has 0 radical (unpaired) electrons. The Labute approximate surface area is 120 Å². The van der Waals surface area contributed by atoms with Gasteiger partial charge in [0, 0.05) is 12.6 Å². The molecule has 0 aliphatic heterocycles. The van der Waals surface area contributed by atoms with Crippen LogP contribution in [0.5, 0.6) is 0 Å². The van der Waals surface area contributed by atoms with E-state index in [0.29, 0.717) is 6.04 Å². The Kier molecular flexibility index (Phi) is 3.90. The van der Waals surface area contributed by atoms with Crippen LogP contribution in [-0.4, -0.2) is 31.6 Å². The molecule has 3 rings (SSSR count). The molecular weight excluding hydrogens is 248 g/mol. The maximum absolute atomic E-state index is 5.55. The van der Waals surface area contributed by atoms with Crippen molar-refractivity contribution in [2.45, 2.75) is 24.9 Å². The van der Waals surface area contributed by atoms with Gasteiger partial charge in [0.2, 0.25) is 0 Å². The third-order valence-electron chi connectivity index (χ3n) is 4.15. The molecule has 3 nitrogen and oxygen atoms in total. The first-order valence-electron chi connectivity index (χ1n) is 7.24. The van der Waals surface area contributed by atoms with Crippen molar-refractivity contribution in [3.8, 4) is 0 Å². The molecular formula is C17H22N2O. The number of hydrogen-bond acceptors (Lipinski definition) is 3. The van der Waals surface area contributed by atoms with E-state index in [1.54, 1.807) is 6.26 Å². The number of nitrogens with zero attached hydrogens (tertiary/aromatic N) is 1. The van der Waals surface area contributed by atoms with Crippen LogP contribution in [0.15, 0.2) is 47.1 Å². The van der Waals surface area contributed by atoms with Gasteiger partial charge in [0.25, 0.3) is 0 Å². The standard InChI is InChI=1S/C17H22N2O/c1-19(2)16(17-8-5-9-20-17)12-18-15-10-13-6-3-4-7-14(13)11-15/h3-9,15-16,18H,10-12H2,1-2H3/t16-/m0/s1. The largest absolute Gasteiger partial charge is 0.468 e. The van der Waals surface area contributed by atoms with Crippen LogP contribution in [0.1, 0.15) is 22.9 Å². The second-order valence-electron chi connectivity index (χ2n) is 5.78. The van der Waals surface area contributed by atoms with Gasteiger partial charge >= 0.3 is 0 Å². The molecule has 0 saturated heterocycles. The van der Waals surface area contributed by atoms with Crippen LogP contribution < -0.4 is 5.32 Å². The Morgan fingerprint density at radius 3 is 2.40 bits per heavy atom. The zero-order valence-electron chi connectivity index (χ0n) is 12.2. The summed E-state index contributed by atoms with van der Waals surface area (Å²) >= 11 is 0. The predicted octanol–water partition coefficient (Wildman–Crippen LogP) is 2.64. The summed E-state index contributed by atoms with van der Waals surface area (Å²) in [6.45, 7) is 0.916. The summed E-state index contributed by atoms with van der Waals surface area (Å²) in [5, 5.41) is 3.70. The summed E-state index contributed by atoms with van der Waals surface area (Å²) in [4.78, 5) is 2.20. The van der Waals surface area contributed by atoms with Gasteiger partial charge < -0.3 is 9.73 Å². The highest BCUT2D eigenvalue weighted by Gasteiger charge is 2.23. The van der Waals surface area contributed by atoms with E-state index in [9.17, 15) is 0 Å². The quantitative estimate of drug-likeness (QED) is 0.905. The third kappa shape index (κ3) is 2.79. The summed E-state index contributed by atoms with van der Waals surface area (Å²) in [6, 6.07) is 13.6. The summed E-state index contributed by atoms with van der Waals surface area (Å²) < 4.78 is 5.55. The summed E-state index contributed by atoms with van der Waals surface area (Å²) in [5.41, 5.74) is 2.98. The molecule has 0 fully saturated rings. The lowest BCUT2D eigenvalue weighted by molar-refractivity contribution is 0.244. The highest BCUT2D eigenvalue weighted by molar-refractivity contribution is 5.33. The van der Waals surface area contributed by atoms with E-state index in [4.69, 9.17) is 4.42 Å². The minimum atomic E-state index is 0.286. The molecule has 20 heavy (non-hydrogen) atoms. The van der Waals surface area contributed by atoms with Crippen LogP contribution in [0, 0.1) is 0 Å². The Balaban J connectivity index is 1.60. The number of hydrogen-bond donors (Lipinski definition) is 1. The fourth-order valence-electron chi connectivity index (χ4n) is 3.00. The average molecular weight is 270 g/mol. The molecule has 1 N–H and O–H groups in total. The molecule has 0 bridgehead atoms.